The quantitative estimate of drug-likeness (QED) is 0.857. The summed E-state index contributed by atoms with van der Waals surface area (Å²) >= 11 is 0. The second-order valence-electron chi connectivity index (χ2n) is 4.33. The van der Waals surface area contributed by atoms with Gasteiger partial charge in [0.25, 0.3) is 0 Å². The highest BCUT2D eigenvalue weighted by atomic mass is 15.2. The number of nitrogens with zero attached hydrogens (tertiary/aromatic N) is 3. The first-order valence-electron chi connectivity index (χ1n) is 6.10. The maximum absolute atomic E-state index is 4.58. The number of fused-ring (bicyclic) bond motifs is 1. The van der Waals surface area contributed by atoms with Gasteiger partial charge in [0.15, 0.2) is 0 Å². The van der Waals surface area contributed by atoms with Crippen LogP contribution in [0.5, 0.6) is 0 Å². The first kappa shape index (κ1) is 10.3. The van der Waals surface area contributed by atoms with Crippen LogP contribution < -0.4 is 5.32 Å². The van der Waals surface area contributed by atoms with Crippen molar-refractivity contribution in [2.24, 2.45) is 0 Å². The highest BCUT2D eigenvalue weighted by Gasteiger charge is 2.22. The molecule has 0 aliphatic carbocycles. The lowest BCUT2D eigenvalue weighted by atomic mass is 10.0. The molecule has 2 aromatic heterocycles. The highest BCUT2D eigenvalue weighted by molar-refractivity contribution is 5.35. The van der Waals surface area contributed by atoms with Gasteiger partial charge in [0.1, 0.15) is 0 Å². The maximum Gasteiger partial charge on any atom is 0.203 e. The van der Waals surface area contributed by atoms with Crippen molar-refractivity contribution in [3.8, 4) is 0 Å². The maximum atomic E-state index is 4.58. The molecule has 0 radical (unpaired) electrons. The normalized spacial score (nSPS) is 18.5. The molecule has 0 bridgehead atoms. The van der Waals surface area contributed by atoms with Crippen LogP contribution in [-0.2, 0) is 6.42 Å². The lowest BCUT2D eigenvalue weighted by Crippen LogP contribution is -2.23. The fourth-order valence-corrected chi connectivity index (χ4v) is 2.34. The molecule has 0 saturated heterocycles. The van der Waals surface area contributed by atoms with Crippen molar-refractivity contribution in [3.63, 3.8) is 0 Å². The SMILES string of the molecule is CCc1cn2c(n1)NCCC2c1cccnc1. The third kappa shape index (κ3) is 1.79. The van der Waals surface area contributed by atoms with E-state index in [1.807, 2.05) is 18.5 Å². The van der Waals surface area contributed by atoms with Crippen molar-refractivity contribution in [1.29, 1.82) is 0 Å². The number of rotatable bonds is 2. The van der Waals surface area contributed by atoms with Crippen molar-refractivity contribution in [1.82, 2.24) is 14.5 Å². The van der Waals surface area contributed by atoms with Gasteiger partial charge in [-0.3, -0.25) is 4.98 Å². The van der Waals surface area contributed by atoms with E-state index in [1.54, 1.807) is 0 Å². The largest absolute Gasteiger partial charge is 0.356 e. The summed E-state index contributed by atoms with van der Waals surface area (Å²) in [6, 6.07) is 4.50. The Morgan fingerprint density at radius 2 is 2.47 bits per heavy atom. The molecule has 0 saturated carbocycles. The van der Waals surface area contributed by atoms with Crippen LogP contribution in [-0.4, -0.2) is 21.1 Å². The Balaban J connectivity index is 2.02. The molecule has 1 atom stereocenters. The van der Waals surface area contributed by atoms with Gasteiger partial charge in [0.2, 0.25) is 5.95 Å². The van der Waals surface area contributed by atoms with Gasteiger partial charge in [0, 0.05) is 25.1 Å². The average molecular weight is 228 g/mol. The summed E-state index contributed by atoms with van der Waals surface area (Å²) in [5.74, 6) is 0.988. The van der Waals surface area contributed by atoms with Crippen LogP contribution in [0.1, 0.15) is 30.6 Å². The van der Waals surface area contributed by atoms with Crippen LogP contribution in [0, 0.1) is 0 Å². The lowest BCUT2D eigenvalue weighted by Gasteiger charge is -2.26. The molecular formula is C13H16N4. The molecule has 1 N–H and O–H groups in total. The minimum atomic E-state index is 0.368. The number of hydrogen-bond acceptors (Lipinski definition) is 3. The van der Waals surface area contributed by atoms with Crippen molar-refractivity contribution in [2.45, 2.75) is 25.8 Å². The first-order chi connectivity index (χ1) is 8.38. The summed E-state index contributed by atoms with van der Waals surface area (Å²) in [5, 5.41) is 3.35. The number of anilines is 1. The minimum absolute atomic E-state index is 0.368. The molecule has 1 aliphatic rings. The van der Waals surface area contributed by atoms with E-state index >= 15 is 0 Å². The molecule has 0 aromatic carbocycles. The predicted octanol–water partition coefficient (Wildman–Crippen LogP) is 2.25. The molecule has 1 aliphatic heterocycles. The van der Waals surface area contributed by atoms with Crippen molar-refractivity contribution in [3.05, 3.63) is 42.0 Å². The van der Waals surface area contributed by atoms with Crippen LogP contribution in [0.3, 0.4) is 0 Å². The Hall–Kier alpha value is -1.84. The Morgan fingerprint density at radius 3 is 3.24 bits per heavy atom. The van der Waals surface area contributed by atoms with Crippen LogP contribution in [0.4, 0.5) is 5.95 Å². The van der Waals surface area contributed by atoms with E-state index in [1.165, 1.54) is 5.56 Å². The lowest BCUT2D eigenvalue weighted by molar-refractivity contribution is 0.528. The van der Waals surface area contributed by atoms with Crippen LogP contribution in [0.2, 0.25) is 0 Å². The topological polar surface area (TPSA) is 42.7 Å². The zero-order valence-electron chi connectivity index (χ0n) is 9.93. The number of pyridine rings is 1. The second-order valence-corrected chi connectivity index (χ2v) is 4.33. The summed E-state index contributed by atoms with van der Waals surface area (Å²) in [6.45, 7) is 3.10. The standard InChI is InChI=1S/C13H16N4/c1-2-11-9-17-12(5-7-15-13(17)16-11)10-4-3-6-14-8-10/h3-4,6,8-9,12H,2,5,7H2,1H3,(H,15,16). The number of aryl methyl sites for hydroxylation is 1. The van der Waals surface area contributed by atoms with Crippen molar-refractivity contribution < 1.29 is 0 Å². The van der Waals surface area contributed by atoms with Crippen LogP contribution in [0.15, 0.2) is 30.7 Å². The Morgan fingerprint density at radius 1 is 1.53 bits per heavy atom. The fraction of sp³-hybridized carbons (Fsp3) is 0.385. The fourth-order valence-electron chi connectivity index (χ4n) is 2.34. The van der Waals surface area contributed by atoms with Gasteiger partial charge in [-0.25, -0.2) is 4.98 Å². The Bertz CT molecular complexity index is 503. The van der Waals surface area contributed by atoms with E-state index < -0.39 is 0 Å². The first-order valence-corrected chi connectivity index (χ1v) is 6.10. The second kappa shape index (κ2) is 4.20. The molecule has 4 nitrogen and oxygen atoms in total. The van der Waals surface area contributed by atoms with Crippen LogP contribution in [0.25, 0.3) is 0 Å². The van der Waals surface area contributed by atoms with Gasteiger partial charge in [0.05, 0.1) is 11.7 Å². The zero-order valence-corrected chi connectivity index (χ0v) is 9.93. The average Bonchev–Trinajstić information content (AvgIpc) is 2.82. The van der Waals surface area contributed by atoms with E-state index in [2.05, 4.69) is 39.0 Å². The van der Waals surface area contributed by atoms with Crippen LogP contribution >= 0.6 is 0 Å². The van der Waals surface area contributed by atoms with Gasteiger partial charge < -0.3 is 9.88 Å². The molecule has 4 heteroatoms. The van der Waals surface area contributed by atoms with E-state index in [0.717, 1.165) is 31.0 Å². The van der Waals surface area contributed by atoms with Gasteiger partial charge in [-0.1, -0.05) is 13.0 Å². The molecule has 88 valence electrons. The molecule has 0 amide bonds. The summed E-state index contributed by atoms with van der Waals surface area (Å²) in [4.78, 5) is 8.78. The molecule has 2 aromatic rings. The molecular weight excluding hydrogens is 212 g/mol. The monoisotopic (exact) mass is 228 g/mol. The predicted molar refractivity (Wildman–Crippen MR) is 67.1 cm³/mol. The van der Waals surface area contributed by atoms with Crippen molar-refractivity contribution >= 4 is 5.95 Å². The van der Waals surface area contributed by atoms with E-state index in [-0.39, 0.29) is 0 Å². The zero-order chi connectivity index (χ0) is 11.7. The summed E-state index contributed by atoms with van der Waals surface area (Å²) in [6.07, 6.45) is 7.97. The minimum Gasteiger partial charge on any atom is -0.356 e. The molecule has 0 spiro atoms. The van der Waals surface area contributed by atoms with Gasteiger partial charge >= 0.3 is 0 Å². The highest BCUT2D eigenvalue weighted by Crippen LogP contribution is 2.29. The summed E-state index contributed by atoms with van der Waals surface area (Å²) in [5.41, 5.74) is 2.40. The summed E-state index contributed by atoms with van der Waals surface area (Å²) in [7, 11) is 0. The molecule has 1 unspecified atom stereocenters. The number of nitrogens with one attached hydrogen (secondary N) is 1. The molecule has 3 rings (SSSR count). The van der Waals surface area contributed by atoms with E-state index in [9.17, 15) is 0 Å². The smallest absolute Gasteiger partial charge is 0.203 e. The van der Waals surface area contributed by atoms with Crippen molar-refractivity contribution in [2.75, 3.05) is 11.9 Å². The third-order valence-corrected chi connectivity index (χ3v) is 3.25. The number of imidazole rings is 1. The molecule has 0 fully saturated rings. The number of hydrogen-bond donors (Lipinski definition) is 1. The Kier molecular flexibility index (Phi) is 2.55. The Labute approximate surface area is 101 Å². The molecule has 3 heterocycles. The van der Waals surface area contributed by atoms with Gasteiger partial charge in [-0.2, -0.15) is 0 Å². The number of aromatic nitrogens is 3. The van der Waals surface area contributed by atoms with Gasteiger partial charge in [-0.15, -0.1) is 0 Å². The summed E-state index contributed by atoms with van der Waals surface area (Å²) < 4.78 is 2.24. The molecule has 17 heavy (non-hydrogen) atoms. The van der Waals surface area contributed by atoms with Gasteiger partial charge in [-0.05, 0) is 24.5 Å². The van der Waals surface area contributed by atoms with E-state index in [4.69, 9.17) is 0 Å². The van der Waals surface area contributed by atoms with E-state index in [0.29, 0.717) is 6.04 Å². The third-order valence-electron chi connectivity index (χ3n) is 3.25.